The number of amides is 2. The normalized spacial score (nSPS) is 19.8. The molecule has 0 aromatic rings. The van der Waals surface area contributed by atoms with Gasteiger partial charge in [-0.15, -0.1) is 12.4 Å². The zero-order chi connectivity index (χ0) is 13.7. The van der Waals surface area contributed by atoms with Crippen molar-refractivity contribution in [1.29, 1.82) is 0 Å². The topological polar surface area (TPSA) is 66.6 Å². The minimum atomic E-state index is -0.272. The number of nitrogens with zero attached hydrogens (tertiary/aromatic N) is 2. The lowest BCUT2D eigenvalue weighted by atomic mass is 10.1. The fourth-order valence-corrected chi connectivity index (χ4v) is 2.42. The van der Waals surface area contributed by atoms with Crippen LogP contribution in [0.15, 0.2) is 0 Å². The van der Waals surface area contributed by atoms with Crippen molar-refractivity contribution < 1.29 is 9.59 Å². The van der Waals surface area contributed by atoms with E-state index in [0.29, 0.717) is 26.2 Å². The van der Waals surface area contributed by atoms with Crippen molar-refractivity contribution >= 4 is 24.2 Å². The van der Waals surface area contributed by atoms with Gasteiger partial charge in [-0.2, -0.15) is 0 Å². The van der Waals surface area contributed by atoms with Gasteiger partial charge in [0.1, 0.15) is 6.04 Å². The summed E-state index contributed by atoms with van der Waals surface area (Å²) in [5.74, 6) is -0.106. The van der Waals surface area contributed by atoms with Gasteiger partial charge in [-0.3, -0.25) is 9.59 Å². The molecule has 5 nitrogen and oxygen atoms in total. The van der Waals surface area contributed by atoms with Gasteiger partial charge in [-0.25, -0.2) is 0 Å². The lowest BCUT2D eigenvalue weighted by Crippen LogP contribution is -2.49. The van der Waals surface area contributed by atoms with Gasteiger partial charge < -0.3 is 15.5 Å². The summed E-state index contributed by atoms with van der Waals surface area (Å²) in [6.07, 6.45) is 1.68. The Morgan fingerprint density at radius 3 is 2.42 bits per heavy atom. The Labute approximate surface area is 121 Å². The van der Waals surface area contributed by atoms with Crippen molar-refractivity contribution in [3.05, 3.63) is 0 Å². The highest BCUT2D eigenvalue weighted by Crippen LogP contribution is 2.21. The van der Waals surface area contributed by atoms with Gasteiger partial charge in [0.2, 0.25) is 11.8 Å². The van der Waals surface area contributed by atoms with Gasteiger partial charge in [0, 0.05) is 32.1 Å². The van der Waals surface area contributed by atoms with E-state index in [1.807, 2.05) is 20.8 Å². The summed E-state index contributed by atoms with van der Waals surface area (Å²) in [5.41, 5.74) is 5.53. The van der Waals surface area contributed by atoms with Gasteiger partial charge in [-0.1, -0.05) is 6.92 Å². The van der Waals surface area contributed by atoms with Gasteiger partial charge in [-0.05, 0) is 26.7 Å². The molecule has 2 N–H and O–H groups in total. The first kappa shape index (κ1) is 18.2. The van der Waals surface area contributed by atoms with Crippen LogP contribution in [0.1, 0.15) is 33.6 Å². The molecule has 0 radical (unpaired) electrons. The van der Waals surface area contributed by atoms with Crippen molar-refractivity contribution in [2.75, 3.05) is 26.2 Å². The Morgan fingerprint density at radius 1 is 1.37 bits per heavy atom. The van der Waals surface area contributed by atoms with Crippen molar-refractivity contribution in [1.82, 2.24) is 9.80 Å². The number of hydrogen-bond donors (Lipinski definition) is 1. The SMILES string of the molecule is CCN(CC)C(=O)C1CCCN1C(=O)C(C)CN.Cl. The number of rotatable bonds is 5. The predicted molar refractivity (Wildman–Crippen MR) is 78.1 cm³/mol. The molecule has 0 spiro atoms. The molecular formula is C13H26ClN3O2. The molecule has 6 heteroatoms. The van der Waals surface area contributed by atoms with E-state index < -0.39 is 0 Å². The standard InChI is InChI=1S/C13H25N3O2.ClH/c1-4-15(5-2)13(18)11-7-6-8-16(11)12(17)10(3)9-14;/h10-11H,4-9,14H2,1-3H3;1H. The predicted octanol–water partition coefficient (Wildman–Crippen LogP) is 0.862. The number of carbonyl (C=O) groups excluding carboxylic acids is 2. The largest absolute Gasteiger partial charge is 0.341 e. The van der Waals surface area contributed by atoms with E-state index in [-0.39, 0.29) is 36.2 Å². The molecule has 2 unspecified atom stereocenters. The molecule has 1 saturated heterocycles. The van der Waals surface area contributed by atoms with E-state index in [4.69, 9.17) is 5.73 Å². The highest BCUT2D eigenvalue weighted by Gasteiger charge is 2.36. The summed E-state index contributed by atoms with van der Waals surface area (Å²) in [7, 11) is 0. The van der Waals surface area contributed by atoms with Crippen LogP contribution in [0.4, 0.5) is 0 Å². The maximum absolute atomic E-state index is 12.3. The van der Waals surface area contributed by atoms with Crippen molar-refractivity contribution in [2.24, 2.45) is 11.7 Å². The Hall–Kier alpha value is -0.810. The zero-order valence-electron chi connectivity index (χ0n) is 12.1. The molecule has 1 rings (SSSR count). The van der Waals surface area contributed by atoms with E-state index in [1.165, 1.54) is 0 Å². The summed E-state index contributed by atoms with van der Waals surface area (Å²) in [6, 6.07) is -0.272. The Bertz CT molecular complexity index is 308. The fourth-order valence-electron chi connectivity index (χ4n) is 2.42. The van der Waals surface area contributed by atoms with Crippen LogP contribution < -0.4 is 5.73 Å². The molecule has 0 aromatic carbocycles. The first-order valence-electron chi connectivity index (χ1n) is 6.86. The number of nitrogens with two attached hydrogens (primary N) is 1. The zero-order valence-corrected chi connectivity index (χ0v) is 12.9. The van der Waals surface area contributed by atoms with Crippen LogP contribution in [0.3, 0.4) is 0 Å². The monoisotopic (exact) mass is 291 g/mol. The van der Waals surface area contributed by atoms with Crippen LogP contribution in [0.2, 0.25) is 0 Å². The lowest BCUT2D eigenvalue weighted by Gasteiger charge is -2.30. The van der Waals surface area contributed by atoms with Crippen LogP contribution in [0.25, 0.3) is 0 Å². The third-order valence-electron chi connectivity index (χ3n) is 3.67. The second-order valence-electron chi connectivity index (χ2n) is 4.84. The van der Waals surface area contributed by atoms with Crippen molar-refractivity contribution in [3.63, 3.8) is 0 Å². The Kier molecular flexibility index (Phi) is 8.02. The number of carbonyl (C=O) groups is 2. The van der Waals surface area contributed by atoms with E-state index in [0.717, 1.165) is 12.8 Å². The molecular weight excluding hydrogens is 266 g/mol. The van der Waals surface area contributed by atoms with Crippen LogP contribution in [-0.4, -0.2) is 53.8 Å². The van der Waals surface area contributed by atoms with E-state index in [2.05, 4.69) is 0 Å². The summed E-state index contributed by atoms with van der Waals surface area (Å²) in [4.78, 5) is 28.0. The van der Waals surface area contributed by atoms with Crippen LogP contribution >= 0.6 is 12.4 Å². The molecule has 1 fully saturated rings. The Morgan fingerprint density at radius 2 is 1.95 bits per heavy atom. The first-order valence-corrected chi connectivity index (χ1v) is 6.86. The fraction of sp³-hybridized carbons (Fsp3) is 0.846. The highest BCUT2D eigenvalue weighted by molar-refractivity contribution is 5.89. The molecule has 2 atom stereocenters. The molecule has 112 valence electrons. The summed E-state index contributed by atoms with van der Waals surface area (Å²) in [6.45, 7) is 8.15. The van der Waals surface area contributed by atoms with Crippen molar-refractivity contribution in [2.45, 2.75) is 39.7 Å². The van der Waals surface area contributed by atoms with Gasteiger partial charge in [0.05, 0.1) is 0 Å². The second-order valence-corrected chi connectivity index (χ2v) is 4.84. The molecule has 0 bridgehead atoms. The average Bonchev–Trinajstić information content (AvgIpc) is 2.87. The molecule has 2 amide bonds. The smallest absolute Gasteiger partial charge is 0.245 e. The number of likely N-dealkylation sites (N-methyl/N-ethyl adjacent to an activating group) is 1. The molecule has 1 aliphatic heterocycles. The molecule has 0 saturated carbocycles. The van der Waals surface area contributed by atoms with Gasteiger partial charge in [0.25, 0.3) is 0 Å². The van der Waals surface area contributed by atoms with Gasteiger partial charge >= 0.3 is 0 Å². The van der Waals surface area contributed by atoms with Crippen molar-refractivity contribution in [3.8, 4) is 0 Å². The lowest BCUT2D eigenvalue weighted by molar-refractivity contribution is -0.145. The summed E-state index contributed by atoms with van der Waals surface area (Å²) < 4.78 is 0. The van der Waals surface area contributed by atoms with E-state index >= 15 is 0 Å². The molecule has 0 aromatic heterocycles. The van der Waals surface area contributed by atoms with Gasteiger partial charge in [0.15, 0.2) is 0 Å². The minimum absolute atomic E-state index is 0. The van der Waals surface area contributed by atoms with Crippen LogP contribution in [-0.2, 0) is 9.59 Å². The molecule has 1 heterocycles. The van der Waals surface area contributed by atoms with E-state index in [1.54, 1.807) is 9.80 Å². The quantitative estimate of drug-likeness (QED) is 0.817. The third-order valence-corrected chi connectivity index (χ3v) is 3.67. The number of hydrogen-bond acceptors (Lipinski definition) is 3. The molecule has 19 heavy (non-hydrogen) atoms. The number of halogens is 1. The maximum atomic E-state index is 12.3. The second kappa shape index (κ2) is 8.38. The minimum Gasteiger partial charge on any atom is -0.341 e. The number of likely N-dealkylation sites (tertiary alicyclic amines) is 1. The summed E-state index contributed by atoms with van der Waals surface area (Å²) >= 11 is 0. The first-order chi connectivity index (χ1) is 8.56. The third kappa shape index (κ3) is 4.08. The van der Waals surface area contributed by atoms with E-state index in [9.17, 15) is 9.59 Å². The summed E-state index contributed by atoms with van der Waals surface area (Å²) in [5, 5.41) is 0. The highest BCUT2D eigenvalue weighted by atomic mass is 35.5. The molecule has 0 aliphatic carbocycles. The maximum Gasteiger partial charge on any atom is 0.245 e. The van der Waals surface area contributed by atoms with Crippen LogP contribution in [0, 0.1) is 5.92 Å². The molecule has 1 aliphatic rings. The average molecular weight is 292 g/mol. The van der Waals surface area contributed by atoms with Crippen LogP contribution in [0.5, 0.6) is 0 Å². The Balaban J connectivity index is 0.00000324.